The van der Waals surface area contributed by atoms with Crippen molar-refractivity contribution >= 4 is 27.7 Å². The smallest absolute Gasteiger partial charge is 0.433 e. The van der Waals surface area contributed by atoms with Crippen molar-refractivity contribution in [2.45, 2.75) is 46.0 Å². The van der Waals surface area contributed by atoms with Gasteiger partial charge in [0.2, 0.25) is 21.8 Å². The van der Waals surface area contributed by atoms with Gasteiger partial charge >= 0.3 is 6.18 Å². The summed E-state index contributed by atoms with van der Waals surface area (Å²) < 4.78 is 69.6. The molecular weight excluding hydrogens is 459 g/mol. The molecule has 2 N–H and O–H groups in total. The van der Waals surface area contributed by atoms with Crippen molar-refractivity contribution in [1.29, 1.82) is 0 Å². The zero-order valence-electron chi connectivity index (χ0n) is 18.7. The van der Waals surface area contributed by atoms with Gasteiger partial charge in [0.1, 0.15) is 5.69 Å². The Bertz CT molecular complexity index is 1130. The third-order valence-electron chi connectivity index (χ3n) is 4.54. The maximum atomic E-state index is 13.0. The highest BCUT2D eigenvalue weighted by atomic mass is 32.2. The van der Waals surface area contributed by atoms with Crippen LogP contribution in [0.2, 0.25) is 0 Å². The fraction of sp³-hybridized carbons (Fsp3) is 0.364. The summed E-state index contributed by atoms with van der Waals surface area (Å²) in [6.07, 6.45) is -0.828. The summed E-state index contributed by atoms with van der Waals surface area (Å²) in [6.45, 7) is 5.44. The molecule has 0 radical (unpaired) electrons. The van der Waals surface area contributed by atoms with Crippen LogP contribution in [0, 0.1) is 6.92 Å². The minimum absolute atomic E-state index is 0.171. The lowest BCUT2D eigenvalue weighted by Gasteiger charge is -2.15. The van der Waals surface area contributed by atoms with Gasteiger partial charge in [-0.15, -0.1) is 0 Å². The Morgan fingerprint density at radius 3 is 2.52 bits per heavy atom. The number of hydrogen-bond acceptors (Lipinski definition) is 5. The average Bonchev–Trinajstić information content (AvgIpc) is 2.71. The largest absolute Gasteiger partial charge is 0.474 e. The normalized spacial score (nSPS) is 13.1. The highest BCUT2D eigenvalue weighted by Crippen LogP contribution is 2.31. The van der Waals surface area contributed by atoms with Gasteiger partial charge in [0.15, 0.2) is 0 Å². The molecule has 0 aliphatic heterocycles. The minimum atomic E-state index is -4.61. The van der Waals surface area contributed by atoms with Gasteiger partial charge in [-0.3, -0.25) is 9.52 Å². The molecule has 0 aliphatic rings. The minimum Gasteiger partial charge on any atom is -0.474 e. The van der Waals surface area contributed by atoms with Crippen molar-refractivity contribution in [2.75, 3.05) is 11.0 Å². The summed E-state index contributed by atoms with van der Waals surface area (Å²) in [6, 6.07) is 7.03. The number of benzene rings is 1. The molecule has 33 heavy (non-hydrogen) atoms. The number of halogens is 3. The molecule has 1 aromatic carbocycles. The summed E-state index contributed by atoms with van der Waals surface area (Å²) in [7, 11) is -3.40. The maximum Gasteiger partial charge on any atom is 0.433 e. The number of amides is 1. The molecule has 2 aromatic rings. The molecule has 0 spiro atoms. The van der Waals surface area contributed by atoms with Crippen molar-refractivity contribution in [3.05, 3.63) is 58.8 Å². The van der Waals surface area contributed by atoms with Gasteiger partial charge in [-0.05, 0) is 55.7 Å². The van der Waals surface area contributed by atoms with Crippen LogP contribution in [0.4, 0.5) is 18.9 Å². The molecule has 1 amide bonds. The second-order valence-corrected chi connectivity index (χ2v) is 9.25. The van der Waals surface area contributed by atoms with Crippen LogP contribution < -0.4 is 14.8 Å². The molecule has 180 valence electrons. The third-order valence-corrected chi connectivity index (χ3v) is 5.13. The Hall–Kier alpha value is -3.08. The number of pyridine rings is 1. The molecule has 1 aromatic heterocycles. The number of carbonyl (C=O) groups excluding carboxylic acids is 1. The van der Waals surface area contributed by atoms with Crippen LogP contribution in [-0.4, -0.2) is 31.7 Å². The number of nitrogens with one attached hydrogen (secondary N) is 2. The number of aromatic nitrogens is 1. The number of rotatable bonds is 9. The first-order valence-corrected chi connectivity index (χ1v) is 12.0. The van der Waals surface area contributed by atoms with Crippen molar-refractivity contribution in [3.63, 3.8) is 0 Å². The van der Waals surface area contributed by atoms with Crippen LogP contribution in [0.25, 0.3) is 6.08 Å². The molecule has 0 fully saturated rings. The average molecular weight is 486 g/mol. The van der Waals surface area contributed by atoms with Gasteiger partial charge in [-0.1, -0.05) is 19.1 Å². The lowest BCUT2D eigenvalue weighted by molar-refractivity contribution is -0.141. The lowest BCUT2D eigenvalue weighted by Crippen LogP contribution is -2.20. The van der Waals surface area contributed by atoms with Crippen LogP contribution >= 0.6 is 0 Å². The second kappa shape index (κ2) is 10.7. The van der Waals surface area contributed by atoms with Crippen LogP contribution in [0.1, 0.15) is 42.7 Å². The first kappa shape index (κ1) is 26.2. The molecule has 7 nitrogen and oxygen atoms in total. The topological polar surface area (TPSA) is 97.4 Å². The Balaban J connectivity index is 2.10. The van der Waals surface area contributed by atoms with E-state index in [0.29, 0.717) is 17.7 Å². The van der Waals surface area contributed by atoms with Crippen molar-refractivity contribution < 1.29 is 31.1 Å². The standard InChI is InChI=1S/C22H26F3N3O4S/c1-5-15(3)32-21-17(7-10-19(27-21)22(23,24)25)8-11-20(29)26-13-16-6-9-18(14(2)12-16)28-33(4,30)31/h6-12,15,28H,5,13H2,1-4H3,(H,26,29). The molecule has 2 rings (SSSR count). The van der Waals surface area contributed by atoms with E-state index in [4.69, 9.17) is 4.74 Å². The molecule has 0 saturated heterocycles. The van der Waals surface area contributed by atoms with Gasteiger partial charge in [-0.2, -0.15) is 13.2 Å². The number of anilines is 1. The molecule has 0 aliphatic carbocycles. The predicted molar refractivity (Wildman–Crippen MR) is 120 cm³/mol. The van der Waals surface area contributed by atoms with Crippen molar-refractivity contribution in [3.8, 4) is 5.88 Å². The summed E-state index contributed by atoms with van der Waals surface area (Å²) in [5, 5.41) is 2.67. The van der Waals surface area contributed by atoms with Gasteiger partial charge in [0, 0.05) is 18.2 Å². The Morgan fingerprint density at radius 2 is 1.94 bits per heavy atom. The Kier molecular flexibility index (Phi) is 8.48. The molecule has 0 bridgehead atoms. The molecule has 1 heterocycles. The number of carbonyl (C=O) groups is 1. The van der Waals surface area contributed by atoms with E-state index in [1.54, 1.807) is 32.0 Å². The molecule has 0 saturated carbocycles. The van der Waals surface area contributed by atoms with E-state index >= 15 is 0 Å². The summed E-state index contributed by atoms with van der Waals surface area (Å²) >= 11 is 0. The van der Waals surface area contributed by atoms with E-state index in [0.717, 1.165) is 17.9 Å². The zero-order valence-corrected chi connectivity index (χ0v) is 19.5. The molecule has 11 heteroatoms. The maximum absolute atomic E-state index is 13.0. The highest BCUT2D eigenvalue weighted by Gasteiger charge is 2.33. The fourth-order valence-electron chi connectivity index (χ4n) is 2.67. The summed E-state index contributed by atoms with van der Waals surface area (Å²) in [5.41, 5.74) is 1.03. The third kappa shape index (κ3) is 8.41. The SMILES string of the molecule is CCC(C)Oc1nc(C(F)(F)F)ccc1C=CC(=O)NCc1ccc(NS(C)(=O)=O)c(C)c1. The molecule has 1 unspecified atom stereocenters. The quantitative estimate of drug-likeness (QED) is 0.517. The van der Waals surface area contributed by atoms with E-state index in [-0.39, 0.29) is 24.1 Å². The number of aryl methyl sites for hydroxylation is 1. The Labute approximate surface area is 191 Å². The van der Waals surface area contributed by atoms with Gasteiger partial charge < -0.3 is 10.1 Å². The van der Waals surface area contributed by atoms with Crippen molar-refractivity contribution in [1.82, 2.24) is 10.3 Å². The summed E-state index contributed by atoms with van der Waals surface area (Å²) in [5.74, 6) is -0.673. The van der Waals surface area contributed by atoms with E-state index in [2.05, 4.69) is 15.0 Å². The van der Waals surface area contributed by atoms with Crippen molar-refractivity contribution in [2.24, 2.45) is 0 Å². The van der Waals surface area contributed by atoms with E-state index in [9.17, 15) is 26.4 Å². The second-order valence-electron chi connectivity index (χ2n) is 7.50. The molecule has 1 atom stereocenters. The summed E-state index contributed by atoms with van der Waals surface area (Å²) in [4.78, 5) is 15.8. The van der Waals surface area contributed by atoms with Gasteiger partial charge in [0.25, 0.3) is 0 Å². The first-order chi connectivity index (χ1) is 15.3. The van der Waals surface area contributed by atoms with E-state index < -0.39 is 27.8 Å². The number of hydrogen-bond donors (Lipinski definition) is 2. The molecular formula is C22H26F3N3O4S. The van der Waals surface area contributed by atoms with E-state index in [1.807, 2.05) is 6.92 Å². The van der Waals surface area contributed by atoms with Crippen LogP contribution in [-0.2, 0) is 27.5 Å². The van der Waals surface area contributed by atoms with Crippen LogP contribution in [0.15, 0.2) is 36.4 Å². The van der Waals surface area contributed by atoms with Crippen LogP contribution in [0.5, 0.6) is 5.88 Å². The van der Waals surface area contributed by atoms with E-state index in [1.165, 1.54) is 18.2 Å². The number of ether oxygens (including phenoxy) is 1. The van der Waals surface area contributed by atoms with Crippen LogP contribution in [0.3, 0.4) is 0 Å². The zero-order chi connectivity index (χ0) is 24.8. The first-order valence-electron chi connectivity index (χ1n) is 10.1. The number of nitrogens with zero attached hydrogens (tertiary/aromatic N) is 1. The Morgan fingerprint density at radius 1 is 1.24 bits per heavy atom. The van der Waals surface area contributed by atoms with Gasteiger partial charge in [-0.25, -0.2) is 13.4 Å². The number of alkyl halides is 3. The number of sulfonamides is 1. The van der Waals surface area contributed by atoms with Gasteiger partial charge in [0.05, 0.1) is 18.0 Å². The highest BCUT2D eigenvalue weighted by molar-refractivity contribution is 7.92. The lowest BCUT2D eigenvalue weighted by atomic mass is 10.1. The monoisotopic (exact) mass is 485 g/mol. The predicted octanol–water partition coefficient (Wildman–Crippen LogP) is 4.29. The fourth-order valence-corrected chi connectivity index (χ4v) is 3.30.